The van der Waals surface area contributed by atoms with E-state index in [4.69, 9.17) is 37.0 Å². The highest BCUT2D eigenvalue weighted by atomic mass is 31.2. The van der Waals surface area contributed by atoms with Crippen molar-refractivity contribution in [3.05, 3.63) is 0 Å². The van der Waals surface area contributed by atoms with Crippen LogP contribution in [-0.4, -0.2) is 96.7 Å². The van der Waals surface area contributed by atoms with Gasteiger partial charge in [0, 0.05) is 25.7 Å². The van der Waals surface area contributed by atoms with E-state index in [9.17, 15) is 43.2 Å². The minimum absolute atomic E-state index is 0.108. The van der Waals surface area contributed by atoms with E-state index in [-0.39, 0.29) is 25.7 Å². The van der Waals surface area contributed by atoms with Crippen LogP contribution >= 0.6 is 15.6 Å². The van der Waals surface area contributed by atoms with Crippen molar-refractivity contribution in [3.8, 4) is 0 Å². The molecule has 0 rings (SSSR count). The molecule has 0 saturated heterocycles. The van der Waals surface area contributed by atoms with Crippen molar-refractivity contribution in [3.63, 3.8) is 0 Å². The van der Waals surface area contributed by atoms with Crippen LogP contribution in [0.15, 0.2) is 0 Å². The third kappa shape index (κ3) is 72.8. The Kier molecular flexibility index (Phi) is 71.6. The molecule has 6 atom stereocenters. The summed E-state index contributed by atoms with van der Waals surface area (Å²) in [5.41, 5.74) is 0. The summed E-state index contributed by atoms with van der Waals surface area (Å²) < 4.78 is 68.6. The van der Waals surface area contributed by atoms with Crippen molar-refractivity contribution in [2.75, 3.05) is 39.6 Å². The number of carbonyl (C=O) groups excluding carboxylic acids is 4. The number of phosphoric ester groups is 2. The number of unbranched alkanes of at least 4 members (excludes halogenated alkanes) is 51. The smallest absolute Gasteiger partial charge is 0.462 e. The Morgan fingerprint density at radius 1 is 0.283 bits per heavy atom. The van der Waals surface area contributed by atoms with Crippen LogP contribution in [-0.2, 0) is 65.4 Å². The second-order valence-electron chi connectivity index (χ2n) is 29.1. The van der Waals surface area contributed by atoms with Crippen molar-refractivity contribution in [2.45, 2.75) is 445 Å². The third-order valence-corrected chi connectivity index (χ3v) is 21.0. The Labute approximate surface area is 607 Å². The molecule has 0 aliphatic carbocycles. The van der Waals surface area contributed by atoms with Gasteiger partial charge in [0.25, 0.3) is 0 Å². The maximum atomic E-state index is 13.1. The fourth-order valence-corrected chi connectivity index (χ4v) is 14.0. The summed E-state index contributed by atoms with van der Waals surface area (Å²) in [6, 6.07) is 0. The van der Waals surface area contributed by atoms with E-state index in [0.717, 1.165) is 109 Å². The fraction of sp³-hybridized carbons (Fsp3) is 0.950. The van der Waals surface area contributed by atoms with Gasteiger partial charge in [-0.05, 0) is 31.6 Å². The van der Waals surface area contributed by atoms with Crippen molar-refractivity contribution in [1.82, 2.24) is 0 Å². The highest BCUT2D eigenvalue weighted by Crippen LogP contribution is 2.45. The fourth-order valence-electron chi connectivity index (χ4n) is 12.4. The number of phosphoric acid groups is 2. The van der Waals surface area contributed by atoms with Crippen LogP contribution in [0.2, 0.25) is 0 Å². The molecule has 3 unspecified atom stereocenters. The molecule has 0 fully saturated rings. The minimum Gasteiger partial charge on any atom is -0.462 e. The topological polar surface area (TPSA) is 237 Å². The second kappa shape index (κ2) is 73.0. The lowest BCUT2D eigenvalue weighted by molar-refractivity contribution is -0.161. The van der Waals surface area contributed by atoms with Crippen molar-refractivity contribution < 1.29 is 80.2 Å². The van der Waals surface area contributed by atoms with E-state index in [1.165, 1.54) is 238 Å². The van der Waals surface area contributed by atoms with Gasteiger partial charge < -0.3 is 33.8 Å². The van der Waals surface area contributed by atoms with E-state index >= 15 is 0 Å². The maximum absolute atomic E-state index is 13.1. The first-order valence-electron chi connectivity index (χ1n) is 41.7. The van der Waals surface area contributed by atoms with Gasteiger partial charge in [0.2, 0.25) is 0 Å². The molecule has 0 radical (unpaired) electrons. The van der Waals surface area contributed by atoms with Gasteiger partial charge >= 0.3 is 39.5 Å². The molecular weight excluding hydrogens is 1290 g/mol. The van der Waals surface area contributed by atoms with Crippen LogP contribution in [0.4, 0.5) is 0 Å². The monoisotopic (exact) mass is 1450 g/mol. The lowest BCUT2D eigenvalue weighted by atomic mass is 9.99. The molecule has 17 nitrogen and oxygen atoms in total. The molecule has 19 heteroatoms. The summed E-state index contributed by atoms with van der Waals surface area (Å²) in [6.45, 7) is 7.34. The minimum atomic E-state index is -4.96. The lowest BCUT2D eigenvalue weighted by Crippen LogP contribution is -2.30. The van der Waals surface area contributed by atoms with Gasteiger partial charge in [-0.2, -0.15) is 0 Å². The van der Waals surface area contributed by atoms with Crippen LogP contribution in [0.5, 0.6) is 0 Å². The standard InChI is InChI=1S/C80H156O17P2/c1-6-10-13-16-19-21-23-25-27-29-30-32-36-40-44-49-54-59-64-78(83)91-70-76(97-80(85)66-61-56-51-46-42-38-34-33-35-39-43-48-52-57-62-73(5)9-4)72-95-99(88,89)93-68-74(81)67-92-98(86,87)94-71-75(69-90-77(82)63-58-53-47-18-15-12-8-3)96-79(84)65-60-55-50-45-41-37-31-28-26-24-22-20-17-14-11-7-2/h73-76,81H,6-72H2,1-5H3,(H,86,87)(H,88,89)/t73?,74-,75+,76+/m0/s1. The summed E-state index contributed by atoms with van der Waals surface area (Å²) >= 11 is 0. The first-order valence-corrected chi connectivity index (χ1v) is 44.7. The van der Waals surface area contributed by atoms with Crippen LogP contribution in [0, 0.1) is 5.92 Å². The van der Waals surface area contributed by atoms with Gasteiger partial charge in [0.1, 0.15) is 19.3 Å². The van der Waals surface area contributed by atoms with E-state index in [0.29, 0.717) is 25.7 Å². The van der Waals surface area contributed by atoms with Gasteiger partial charge in [-0.3, -0.25) is 37.3 Å². The third-order valence-electron chi connectivity index (χ3n) is 19.1. The SMILES string of the molecule is CCCCCCCCCCCCCCCCCCCCC(=O)OC[C@H](COP(=O)(O)OC[C@@H](O)COP(=O)(O)OC[C@@H](COC(=O)CCCCCCCCC)OC(=O)CCCCCCCCCCCCCCCCCC)OC(=O)CCCCCCCCCCCCCCCCC(C)CC. The Bertz CT molecular complexity index is 1890. The molecule has 0 spiro atoms. The molecule has 0 aliphatic rings. The number of aliphatic hydroxyl groups excluding tert-OH is 1. The Morgan fingerprint density at radius 3 is 0.717 bits per heavy atom. The molecule has 0 heterocycles. The normalized spacial score (nSPS) is 14.1. The molecule has 588 valence electrons. The zero-order valence-electron chi connectivity index (χ0n) is 64.6. The van der Waals surface area contributed by atoms with Crippen molar-refractivity contribution in [2.24, 2.45) is 5.92 Å². The molecule has 3 N–H and O–H groups in total. The van der Waals surface area contributed by atoms with Crippen LogP contribution in [0.3, 0.4) is 0 Å². The molecule has 0 bridgehead atoms. The number of aliphatic hydroxyl groups is 1. The van der Waals surface area contributed by atoms with Gasteiger partial charge in [0.15, 0.2) is 12.2 Å². The van der Waals surface area contributed by atoms with Gasteiger partial charge in [-0.15, -0.1) is 0 Å². The zero-order chi connectivity index (χ0) is 72.7. The number of hydrogen-bond acceptors (Lipinski definition) is 15. The van der Waals surface area contributed by atoms with Gasteiger partial charge in [-0.25, -0.2) is 9.13 Å². The first-order chi connectivity index (χ1) is 48.1. The number of esters is 4. The molecule has 0 amide bonds. The molecule has 0 aromatic heterocycles. The van der Waals surface area contributed by atoms with E-state index < -0.39 is 97.5 Å². The summed E-state index contributed by atoms with van der Waals surface area (Å²) in [4.78, 5) is 72.9. The molecule has 0 saturated carbocycles. The number of rotatable bonds is 80. The average molecular weight is 1450 g/mol. The number of hydrogen-bond donors (Lipinski definition) is 3. The molecule has 0 aromatic rings. The second-order valence-corrected chi connectivity index (χ2v) is 32.0. The molecule has 0 aromatic carbocycles. The van der Waals surface area contributed by atoms with Crippen LogP contribution in [0.1, 0.15) is 426 Å². The highest BCUT2D eigenvalue weighted by molar-refractivity contribution is 7.47. The van der Waals surface area contributed by atoms with Crippen molar-refractivity contribution >= 4 is 39.5 Å². The van der Waals surface area contributed by atoms with Crippen LogP contribution in [0.25, 0.3) is 0 Å². The molecule has 99 heavy (non-hydrogen) atoms. The summed E-state index contributed by atoms with van der Waals surface area (Å²) in [7, 11) is -9.91. The van der Waals surface area contributed by atoms with E-state index in [1.54, 1.807) is 0 Å². The Morgan fingerprint density at radius 2 is 0.485 bits per heavy atom. The highest BCUT2D eigenvalue weighted by Gasteiger charge is 2.30. The Hall–Kier alpha value is -1.94. The quantitative estimate of drug-likeness (QED) is 0.0222. The predicted molar refractivity (Wildman–Crippen MR) is 405 cm³/mol. The zero-order valence-corrected chi connectivity index (χ0v) is 66.4. The first kappa shape index (κ1) is 97.1. The number of ether oxygens (including phenoxy) is 4. The maximum Gasteiger partial charge on any atom is 0.472 e. The molecule has 0 aliphatic heterocycles. The summed E-state index contributed by atoms with van der Waals surface area (Å²) in [5.74, 6) is -1.27. The lowest BCUT2D eigenvalue weighted by Gasteiger charge is -2.21. The van der Waals surface area contributed by atoms with Crippen molar-refractivity contribution in [1.29, 1.82) is 0 Å². The predicted octanol–water partition coefficient (Wildman–Crippen LogP) is 24.0. The Balaban J connectivity index is 5.18. The van der Waals surface area contributed by atoms with E-state index in [1.807, 2.05) is 0 Å². The van der Waals surface area contributed by atoms with Gasteiger partial charge in [0.05, 0.1) is 26.4 Å². The average Bonchev–Trinajstić information content (AvgIpc) is 0.991. The summed E-state index contributed by atoms with van der Waals surface area (Å²) in [6.07, 6.45) is 63.9. The number of carbonyl (C=O) groups is 4. The van der Waals surface area contributed by atoms with Gasteiger partial charge in [-0.1, -0.05) is 375 Å². The molecular formula is C80H156O17P2. The van der Waals surface area contributed by atoms with E-state index in [2.05, 4.69) is 34.6 Å². The largest absolute Gasteiger partial charge is 0.472 e. The van der Waals surface area contributed by atoms with Crippen LogP contribution < -0.4 is 0 Å². The summed E-state index contributed by atoms with van der Waals surface area (Å²) in [5, 5.41) is 10.6.